The average Bonchev–Trinajstić information content (AvgIpc) is 2.89. The largest absolute Gasteiger partial charge is 0.491 e. The monoisotopic (exact) mass is 384 g/mol. The average molecular weight is 385 g/mol. The van der Waals surface area contributed by atoms with Crippen LogP contribution in [0.1, 0.15) is 50.5 Å². The number of nitrogens with zero attached hydrogens (tertiary/aromatic N) is 1. The van der Waals surface area contributed by atoms with E-state index in [1.165, 1.54) is 56.3 Å². The van der Waals surface area contributed by atoms with Crippen molar-refractivity contribution in [2.45, 2.75) is 57.5 Å². The van der Waals surface area contributed by atoms with Crippen molar-refractivity contribution in [3.8, 4) is 5.75 Å². The Hall–Kier alpha value is -1.26. The first kappa shape index (κ1) is 18.7. The van der Waals surface area contributed by atoms with Crippen LogP contribution in [0.3, 0.4) is 0 Å². The number of hydrogen-bond donors (Lipinski definition) is 1. The Balaban J connectivity index is 1.39. The zero-order chi connectivity index (χ0) is 18.8. The fraction of sp³-hybridized carbons (Fsp3) is 0.750. The maximum atomic E-state index is 6.30. The lowest BCUT2D eigenvalue weighted by Gasteiger charge is -2.46. The molecule has 154 valence electrons. The van der Waals surface area contributed by atoms with Crippen molar-refractivity contribution in [2.75, 3.05) is 44.3 Å². The van der Waals surface area contributed by atoms with Crippen LogP contribution in [0.5, 0.6) is 5.75 Å². The first-order chi connectivity index (χ1) is 13.9. The van der Waals surface area contributed by atoms with Gasteiger partial charge in [-0.05, 0) is 99.9 Å². The second kappa shape index (κ2) is 8.62. The summed E-state index contributed by atoms with van der Waals surface area (Å²) in [6.45, 7) is 6.40. The summed E-state index contributed by atoms with van der Waals surface area (Å²) in [7, 11) is 0. The van der Waals surface area contributed by atoms with Gasteiger partial charge in [0.15, 0.2) is 0 Å². The molecule has 1 saturated carbocycles. The molecule has 0 radical (unpaired) electrons. The van der Waals surface area contributed by atoms with Crippen LogP contribution >= 0.6 is 0 Å². The minimum Gasteiger partial charge on any atom is -0.491 e. The predicted octanol–water partition coefficient (Wildman–Crippen LogP) is 4.02. The smallest absolute Gasteiger partial charge is 0.142 e. The molecule has 4 atom stereocenters. The molecule has 0 spiro atoms. The highest BCUT2D eigenvalue weighted by molar-refractivity contribution is 5.61. The lowest BCUT2D eigenvalue weighted by atomic mass is 9.68. The Morgan fingerprint density at radius 3 is 2.93 bits per heavy atom. The summed E-state index contributed by atoms with van der Waals surface area (Å²) in [5, 5.41) is 3.69. The molecule has 1 aromatic rings. The summed E-state index contributed by atoms with van der Waals surface area (Å²) in [6, 6.07) is 6.90. The van der Waals surface area contributed by atoms with Gasteiger partial charge in [-0.15, -0.1) is 0 Å². The first-order valence-corrected chi connectivity index (χ1v) is 11.7. The zero-order valence-electron chi connectivity index (χ0n) is 17.2. The van der Waals surface area contributed by atoms with E-state index in [0.717, 1.165) is 69.2 Å². The van der Waals surface area contributed by atoms with Gasteiger partial charge in [0, 0.05) is 19.7 Å². The molecular formula is C24H36N2O2. The third-order valence-corrected chi connectivity index (χ3v) is 7.57. The molecule has 3 aliphatic heterocycles. The fourth-order valence-corrected chi connectivity index (χ4v) is 5.74. The zero-order valence-corrected chi connectivity index (χ0v) is 17.2. The second-order valence-corrected chi connectivity index (χ2v) is 9.39. The van der Waals surface area contributed by atoms with E-state index in [4.69, 9.17) is 9.47 Å². The maximum Gasteiger partial charge on any atom is 0.142 e. The van der Waals surface area contributed by atoms with Crippen molar-refractivity contribution >= 4 is 5.69 Å². The molecule has 4 bridgehead atoms. The van der Waals surface area contributed by atoms with E-state index < -0.39 is 0 Å². The fourth-order valence-electron chi connectivity index (χ4n) is 5.74. The van der Waals surface area contributed by atoms with Crippen molar-refractivity contribution in [2.24, 2.45) is 17.8 Å². The van der Waals surface area contributed by atoms with Crippen molar-refractivity contribution in [1.82, 2.24) is 5.32 Å². The van der Waals surface area contributed by atoms with E-state index in [9.17, 15) is 0 Å². The molecule has 5 rings (SSSR count). The molecule has 1 aromatic carbocycles. The first-order valence-electron chi connectivity index (χ1n) is 11.7. The van der Waals surface area contributed by atoms with Crippen LogP contribution in [-0.2, 0) is 11.2 Å². The van der Waals surface area contributed by atoms with Gasteiger partial charge in [0.25, 0.3) is 0 Å². The van der Waals surface area contributed by atoms with Crippen molar-refractivity contribution in [3.05, 3.63) is 23.8 Å². The standard InChI is InChI=1S/C24H36N2O2/c1-3-18-4-7-23-22(15-18)26(12-2-13-27-23)17-20-5-6-21(20)24-16-19(9-14-28-24)8-11-25-10-1/h4,7,15,19-21,24-25H,1-3,5-6,8-14,16-17H2. The third-order valence-electron chi connectivity index (χ3n) is 7.57. The van der Waals surface area contributed by atoms with Crippen molar-refractivity contribution < 1.29 is 9.47 Å². The molecule has 4 aliphatic rings. The van der Waals surface area contributed by atoms with E-state index in [1.807, 2.05) is 0 Å². The van der Waals surface area contributed by atoms with Gasteiger partial charge in [-0.25, -0.2) is 0 Å². The van der Waals surface area contributed by atoms with E-state index in [1.54, 1.807) is 0 Å². The minimum absolute atomic E-state index is 0.499. The summed E-state index contributed by atoms with van der Waals surface area (Å²) in [6.07, 6.45) is 10.6. The lowest BCUT2D eigenvalue weighted by molar-refractivity contribution is -0.0831. The van der Waals surface area contributed by atoms with Gasteiger partial charge in [0.1, 0.15) is 5.75 Å². The molecule has 3 heterocycles. The van der Waals surface area contributed by atoms with Gasteiger partial charge in [0.05, 0.1) is 18.4 Å². The molecule has 4 unspecified atom stereocenters. The summed E-state index contributed by atoms with van der Waals surface area (Å²) < 4.78 is 12.4. The summed E-state index contributed by atoms with van der Waals surface area (Å²) in [5.74, 6) is 3.49. The highest BCUT2D eigenvalue weighted by Gasteiger charge is 2.41. The van der Waals surface area contributed by atoms with Crippen molar-refractivity contribution in [3.63, 3.8) is 0 Å². The Kier molecular flexibility index (Phi) is 5.77. The summed E-state index contributed by atoms with van der Waals surface area (Å²) in [4.78, 5) is 2.63. The van der Waals surface area contributed by atoms with Crippen LogP contribution in [0.15, 0.2) is 18.2 Å². The number of fused-ring (bicyclic) bond motifs is 5. The minimum atomic E-state index is 0.499. The molecule has 1 saturated heterocycles. The quantitative estimate of drug-likeness (QED) is 0.732. The van der Waals surface area contributed by atoms with Crippen LogP contribution < -0.4 is 15.0 Å². The van der Waals surface area contributed by atoms with E-state index in [-0.39, 0.29) is 0 Å². The summed E-state index contributed by atoms with van der Waals surface area (Å²) in [5.41, 5.74) is 2.79. The third kappa shape index (κ3) is 4.04. The molecule has 0 aromatic heterocycles. The van der Waals surface area contributed by atoms with Gasteiger partial charge < -0.3 is 19.7 Å². The van der Waals surface area contributed by atoms with Crippen LogP contribution in [-0.4, -0.2) is 45.5 Å². The van der Waals surface area contributed by atoms with Gasteiger partial charge in [0.2, 0.25) is 0 Å². The molecule has 1 N–H and O–H groups in total. The Bertz CT molecular complexity index is 664. The number of rotatable bonds is 0. The molecular weight excluding hydrogens is 348 g/mol. The second-order valence-electron chi connectivity index (χ2n) is 9.39. The predicted molar refractivity (Wildman–Crippen MR) is 113 cm³/mol. The lowest BCUT2D eigenvalue weighted by Crippen LogP contribution is -2.46. The van der Waals surface area contributed by atoms with Crippen LogP contribution in [0.25, 0.3) is 0 Å². The maximum absolute atomic E-state index is 6.30. The Morgan fingerprint density at radius 1 is 1.00 bits per heavy atom. The number of ether oxygens (including phenoxy) is 2. The van der Waals surface area contributed by atoms with Gasteiger partial charge in [-0.2, -0.15) is 0 Å². The Morgan fingerprint density at radius 2 is 2.00 bits per heavy atom. The normalized spacial score (nSPS) is 33.8. The van der Waals surface area contributed by atoms with E-state index in [0.29, 0.717) is 6.10 Å². The molecule has 2 fully saturated rings. The SMILES string of the molecule is c1cc2c3cc1CCCNCCC1CCOC(C1)C1CCC1CN3CCCO2. The van der Waals surface area contributed by atoms with Gasteiger partial charge in [-0.1, -0.05) is 6.07 Å². The Labute approximate surface area is 170 Å². The van der Waals surface area contributed by atoms with Crippen molar-refractivity contribution in [1.29, 1.82) is 0 Å². The molecule has 4 nitrogen and oxygen atoms in total. The van der Waals surface area contributed by atoms with Crippen LogP contribution in [0.2, 0.25) is 0 Å². The number of nitrogens with one attached hydrogen (secondary N) is 1. The van der Waals surface area contributed by atoms with Gasteiger partial charge in [-0.3, -0.25) is 0 Å². The van der Waals surface area contributed by atoms with E-state index in [2.05, 4.69) is 28.4 Å². The molecule has 0 amide bonds. The van der Waals surface area contributed by atoms with Crippen LogP contribution in [0, 0.1) is 17.8 Å². The molecule has 4 heteroatoms. The molecule has 28 heavy (non-hydrogen) atoms. The molecule has 1 aliphatic carbocycles. The topological polar surface area (TPSA) is 33.7 Å². The summed E-state index contributed by atoms with van der Waals surface area (Å²) >= 11 is 0. The van der Waals surface area contributed by atoms with E-state index >= 15 is 0 Å². The van der Waals surface area contributed by atoms with Crippen LogP contribution in [0.4, 0.5) is 5.69 Å². The highest BCUT2D eigenvalue weighted by Crippen LogP contribution is 2.44. The number of anilines is 1. The van der Waals surface area contributed by atoms with Gasteiger partial charge >= 0.3 is 0 Å². The number of hydrogen-bond acceptors (Lipinski definition) is 4. The highest BCUT2D eigenvalue weighted by atomic mass is 16.5. The number of aryl methyl sites for hydroxylation is 1. The number of benzene rings is 1.